The number of anilines is 1. The molecular weight excluding hydrogens is 268 g/mol. The molecule has 0 aliphatic rings. The van der Waals surface area contributed by atoms with Crippen LogP contribution in [0.15, 0.2) is 48.5 Å². The van der Waals surface area contributed by atoms with Gasteiger partial charge >= 0.3 is 0 Å². The molecule has 0 atom stereocenters. The second-order valence-corrected chi connectivity index (χ2v) is 4.23. The van der Waals surface area contributed by atoms with E-state index in [1.54, 1.807) is 55.7 Å². The van der Waals surface area contributed by atoms with Gasteiger partial charge in [0.05, 0.1) is 24.4 Å². The van der Waals surface area contributed by atoms with E-state index < -0.39 is 0 Å². The van der Waals surface area contributed by atoms with Gasteiger partial charge < -0.3 is 15.2 Å². The predicted octanol–water partition coefficient (Wildman–Crippen LogP) is 3.45. The Hall–Kier alpha value is -2.81. The van der Waals surface area contributed by atoms with Crippen molar-refractivity contribution in [3.05, 3.63) is 64.9 Å². The third-order valence-corrected chi connectivity index (χ3v) is 2.95. The van der Waals surface area contributed by atoms with Crippen molar-refractivity contribution in [3.63, 3.8) is 0 Å². The van der Waals surface area contributed by atoms with Crippen molar-refractivity contribution in [2.24, 2.45) is 0 Å². The lowest BCUT2D eigenvalue weighted by Crippen LogP contribution is -2.09. The van der Waals surface area contributed by atoms with Gasteiger partial charge in [0.1, 0.15) is 5.75 Å². The van der Waals surface area contributed by atoms with Gasteiger partial charge in [-0.1, -0.05) is 30.3 Å². The molecule has 0 aliphatic carbocycles. The maximum Gasteiger partial charge on any atom is 0.118 e. The molecule has 2 aromatic carbocycles. The lowest BCUT2D eigenvalue weighted by Gasteiger charge is -2.24. The van der Waals surface area contributed by atoms with Crippen molar-refractivity contribution < 1.29 is 9.94 Å². The summed E-state index contributed by atoms with van der Waals surface area (Å²) in [7, 11) is 1.58. The molecule has 0 unspecified atom stereocenters. The van der Waals surface area contributed by atoms with Crippen molar-refractivity contribution in [2.45, 2.75) is 0 Å². The Morgan fingerprint density at radius 1 is 1.24 bits per heavy atom. The van der Waals surface area contributed by atoms with Gasteiger partial charge in [0, 0.05) is 5.56 Å². The van der Waals surface area contributed by atoms with E-state index in [4.69, 9.17) is 9.94 Å². The number of nitrogens with zero attached hydrogens (tertiary/aromatic N) is 2. The predicted molar refractivity (Wildman–Crippen MR) is 80.6 cm³/mol. The summed E-state index contributed by atoms with van der Waals surface area (Å²) in [6.07, 6.45) is 1.64. The average molecular weight is 281 g/mol. The number of hydrogen-bond donors (Lipinski definition) is 1. The lowest BCUT2D eigenvalue weighted by atomic mass is 10.0. The van der Waals surface area contributed by atoms with Crippen LogP contribution in [0, 0.1) is 16.5 Å². The minimum absolute atomic E-state index is 0.0267. The van der Waals surface area contributed by atoms with Gasteiger partial charge in [0.15, 0.2) is 0 Å². The van der Waals surface area contributed by atoms with Gasteiger partial charge in [-0.2, -0.15) is 5.26 Å². The molecule has 0 aliphatic heterocycles. The Balaban J connectivity index is 2.44. The molecule has 5 nitrogen and oxygen atoms in total. The smallest absolute Gasteiger partial charge is 0.118 e. The number of benzene rings is 2. The van der Waals surface area contributed by atoms with Gasteiger partial charge in [-0.3, -0.25) is 5.21 Å². The van der Waals surface area contributed by atoms with Crippen LogP contribution in [0.5, 0.6) is 5.75 Å². The van der Waals surface area contributed by atoms with E-state index in [9.17, 15) is 10.5 Å². The standard InChI is InChI=1S/C16H13N2O3/c1-21-14-8-6-12(7-9-14)10-13(11-17)15-4-2-3-5-16(15)18(19)20/h2-10,19H,1H3/q-1/b13-10+. The first-order valence-electron chi connectivity index (χ1n) is 6.17. The van der Waals surface area contributed by atoms with Crippen LogP contribution in [0.2, 0.25) is 0 Å². The summed E-state index contributed by atoms with van der Waals surface area (Å²) in [4.78, 5) is 0. The number of hydrogen-bond acceptors (Lipinski definition) is 5. The second-order valence-electron chi connectivity index (χ2n) is 4.23. The number of nitriles is 1. The molecular formula is C16H13N2O3-. The van der Waals surface area contributed by atoms with Gasteiger partial charge in [-0.05, 0) is 29.8 Å². The zero-order valence-electron chi connectivity index (χ0n) is 11.4. The van der Waals surface area contributed by atoms with Crippen molar-refractivity contribution in [1.82, 2.24) is 0 Å². The number of rotatable bonds is 4. The van der Waals surface area contributed by atoms with Crippen LogP contribution in [-0.2, 0) is 0 Å². The lowest BCUT2D eigenvalue weighted by molar-refractivity contribution is 0.296. The van der Waals surface area contributed by atoms with Crippen LogP contribution in [0.3, 0.4) is 0 Å². The van der Waals surface area contributed by atoms with Crippen molar-refractivity contribution in [2.75, 3.05) is 12.3 Å². The summed E-state index contributed by atoms with van der Waals surface area (Å²) >= 11 is 0. The Labute approximate surface area is 122 Å². The molecule has 0 saturated heterocycles. The third-order valence-electron chi connectivity index (χ3n) is 2.95. The van der Waals surface area contributed by atoms with E-state index in [1.807, 2.05) is 6.07 Å². The molecule has 1 N–H and O–H groups in total. The fraction of sp³-hybridized carbons (Fsp3) is 0.0625. The number of allylic oxidation sites excluding steroid dienone is 1. The maximum atomic E-state index is 11.1. The Kier molecular flexibility index (Phi) is 4.57. The highest BCUT2D eigenvalue weighted by Gasteiger charge is 2.08. The number of methoxy groups -OCH3 is 1. The van der Waals surface area contributed by atoms with Crippen LogP contribution in [0.4, 0.5) is 5.69 Å². The fourth-order valence-electron chi connectivity index (χ4n) is 1.91. The molecule has 0 heterocycles. The van der Waals surface area contributed by atoms with Crippen LogP contribution in [-0.4, -0.2) is 12.3 Å². The van der Waals surface area contributed by atoms with E-state index in [-0.39, 0.29) is 16.5 Å². The number of ether oxygens (including phenoxy) is 1. The Bertz CT molecular complexity index is 685. The van der Waals surface area contributed by atoms with E-state index in [1.165, 1.54) is 6.07 Å². The zero-order chi connectivity index (χ0) is 15.2. The summed E-state index contributed by atoms with van der Waals surface area (Å²) in [6, 6.07) is 15.6. The topological polar surface area (TPSA) is 79.5 Å². The van der Waals surface area contributed by atoms with E-state index in [0.29, 0.717) is 11.3 Å². The molecule has 0 fully saturated rings. The highest BCUT2D eigenvalue weighted by atomic mass is 16.8. The summed E-state index contributed by atoms with van der Waals surface area (Å²) in [5, 5.41) is 29.3. The SMILES string of the molecule is COc1ccc(/C=C(\C#N)c2ccccc2N([O-])O)cc1. The zero-order valence-corrected chi connectivity index (χ0v) is 11.4. The van der Waals surface area contributed by atoms with Gasteiger partial charge in [0.2, 0.25) is 0 Å². The van der Waals surface area contributed by atoms with E-state index in [2.05, 4.69) is 0 Å². The first-order chi connectivity index (χ1) is 10.2. The Morgan fingerprint density at radius 3 is 2.48 bits per heavy atom. The monoisotopic (exact) mass is 281 g/mol. The van der Waals surface area contributed by atoms with Crippen LogP contribution >= 0.6 is 0 Å². The van der Waals surface area contributed by atoms with Crippen molar-refractivity contribution in [3.8, 4) is 11.8 Å². The molecule has 0 saturated carbocycles. The second kappa shape index (κ2) is 6.57. The molecule has 2 aromatic rings. The van der Waals surface area contributed by atoms with Crippen molar-refractivity contribution in [1.29, 1.82) is 5.26 Å². The maximum absolute atomic E-state index is 11.1. The van der Waals surface area contributed by atoms with Gasteiger partial charge in [-0.25, -0.2) is 0 Å². The van der Waals surface area contributed by atoms with Gasteiger partial charge in [0.25, 0.3) is 0 Å². The largest absolute Gasteiger partial charge is 0.733 e. The highest BCUT2D eigenvalue weighted by molar-refractivity contribution is 5.93. The van der Waals surface area contributed by atoms with Crippen molar-refractivity contribution >= 4 is 17.3 Å². The van der Waals surface area contributed by atoms with Crippen LogP contribution in [0.25, 0.3) is 11.6 Å². The minimum atomic E-state index is -0.242. The quantitative estimate of drug-likeness (QED) is 0.527. The van der Waals surface area contributed by atoms with Crippen LogP contribution in [0.1, 0.15) is 11.1 Å². The molecule has 0 aromatic heterocycles. The molecule has 5 heteroatoms. The molecule has 106 valence electrons. The molecule has 0 bridgehead atoms. The number of para-hydroxylation sites is 1. The molecule has 0 spiro atoms. The Morgan fingerprint density at radius 2 is 1.90 bits per heavy atom. The fourth-order valence-corrected chi connectivity index (χ4v) is 1.91. The molecule has 21 heavy (non-hydrogen) atoms. The third kappa shape index (κ3) is 3.39. The normalized spacial score (nSPS) is 10.9. The summed E-state index contributed by atoms with van der Waals surface area (Å²) in [5.74, 6) is 0.715. The summed E-state index contributed by atoms with van der Waals surface area (Å²) < 4.78 is 5.07. The molecule has 2 rings (SSSR count). The molecule has 0 amide bonds. The van der Waals surface area contributed by atoms with E-state index in [0.717, 1.165) is 5.56 Å². The summed E-state index contributed by atoms with van der Waals surface area (Å²) in [5.41, 5.74) is 1.47. The molecule has 0 radical (unpaired) electrons. The first-order valence-corrected chi connectivity index (χ1v) is 6.17. The first kappa shape index (κ1) is 14.6. The minimum Gasteiger partial charge on any atom is -0.733 e. The van der Waals surface area contributed by atoms with Gasteiger partial charge in [-0.15, -0.1) is 0 Å². The average Bonchev–Trinajstić information content (AvgIpc) is 2.53. The van der Waals surface area contributed by atoms with Crippen LogP contribution < -0.4 is 9.96 Å². The highest BCUT2D eigenvalue weighted by Crippen LogP contribution is 2.27. The van der Waals surface area contributed by atoms with E-state index >= 15 is 0 Å². The summed E-state index contributed by atoms with van der Waals surface area (Å²) in [6.45, 7) is 0.